The third-order valence-corrected chi connectivity index (χ3v) is 4.21. The number of rotatable bonds is 5. The van der Waals surface area contributed by atoms with Crippen LogP contribution >= 0.6 is 0 Å². The van der Waals surface area contributed by atoms with Gasteiger partial charge in [0, 0.05) is 18.9 Å². The van der Waals surface area contributed by atoms with Gasteiger partial charge in [-0.15, -0.1) is 0 Å². The van der Waals surface area contributed by atoms with E-state index in [9.17, 15) is 0 Å². The average Bonchev–Trinajstić information content (AvgIpc) is 2.89. The summed E-state index contributed by atoms with van der Waals surface area (Å²) >= 11 is 0. The minimum absolute atomic E-state index is 0.0744. The van der Waals surface area contributed by atoms with Crippen LogP contribution in [0.25, 0.3) is 0 Å². The molecule has 0 radical (unpaired) electrons. The Balaban J connectivity index is 2.07. The number of aromatic nitrogens is 2. The smallest absolute Gasteiger partial charge is 0.232 e. The molecule has 0 spiro atoms. The van der Waals surface area contributed by atoms with E-state index in [1.54, 1.807) is 7.11 Å². The van der Waals surface area contributed by atoms with Crippen LogP contribution < -0.4 is 5.32 Å². The second kappa shape index (κ2) is 6.01. The molecule has 1 N–H and O–H groups in total. The summed E-state index contributed by atoms with van der Waals surface area (Å²) in [6, 6.07) is 0. The highest BCUT2D eigenvalue weighted by molar-refractivity contribution is 5.05. The van der Waals surface area contributed by atoms with Crippen molar-refractivity contribution in [1.82, 2.24) is 15.5 Å². The third-order valence-electron chi connectivity index (χ3n) is 4.21. The number of hydrogen-bond donors (Lipinski definition) is 1. The fourth-order valence-electron chi connectivity index (χ4n) is 2.58. The largest absolute Gasteiger partial charge is 0.381 e. The zero-order valence-electron chi connectivity index (χ0n) is 12.4. The van der Waals surface area contributed by atoms with Crippen molar-refractivity contribution in [3.05, 3.63) is 11.7 Å². The summed E-state index contributed by atoms with van der Waals surface area (Å²) in [6.07, 6.45) is 3.24. The lowest BCUT2D eigenvalue weighted by Crippen LogP contribution is -2.41. The zero-order valence-corrected chi connectivity index (χ0v) is 12.4. The molecule has 0 amide bonds. The Morgan fingerprint density at radius 3 is 2.95 bits per heavy atom. The first kappa shape index (κ1) is 14.5. The predicted molar refractivity (Wildman–Crippen MR) is 73.1 cm³/mol. The second-order valence-electron chi connectivity index (χ2n) is 6.03. The molecule has 1 aliphatic heterocycles. The lowest BCUT2D eigenvalue weighted by atomic mass is 9.75. The standard InChI is InChI=1S/C14H25N3O2/c1-10(18-4)8-12-16-13(19-17-12)14(2,3)11-6-5-7-15-9-11/h10-11,15H,5-9H2,1-4H3. The summed E-state index contributed by atoms with van der Waals surface area (Å²) in [5.74, 6) is 2.04. The van der Waals surface area contributed by atoms with Gasteiger partial charge in [-0.2, -0.15) is 4.98 Å². The molecule has 0 bridgehead atoms. The monoisotopic (exact) mass is 267 g/mol. The van der Waals surface area contributed by atoms with E-state index in [1.165, 1.54) is 12.8 Å². The van der Waals surface area contributed by atoms with Crippen LogP contribution in [0.3, 0.4) is 0 Å². The van der Waals surface area contributed by atoms with Crippen LogP contribution in [0.2, 0.25) is 0 Å². The summed E-state index contributed by atoms with van der Waals surface area (Å²) in [4.78, 5) is 4.56. The molecule has 2 unspecified atom stereocenters. The highest BCUT2D eigenvalue weighted by Gasteiger charge is 2.37. The molecule has 2 atom stereocenters. The molecule has 19 heavy (non-hydrogen) atoms. The summed E-state index contributed by atoms with van der Waals surface area (Å²) in [7, 11) is 1.70. The SMILES string of the molecule is COC(C)Cc1noc(C(C)(C)C2CCCNC2)n1. The minimum Gasteiger partial charge on any atom is -0.381 e. The van der Waals surface area contributed by atoms with E-state index in [4.69, 9.17) is 9.26 Å². The third kappa shape index (κ3) is 3.34. The summed E-state index contributed by atoms with van der Waals surface area (Å²) in [5, 5.41) is 7.53. The van der Waals surface area contributed by atoms with Gasteiger partial charge in [-0.3, -0.25) is 0 Å². The maximum absolute atomic E-state index is 5.48. The Bertz CT molecular complexity index is 397. The molecule has 5 nitrogen and oxygen atoms in total. The van der Waals surface area contributed by atoms with Crippen molar-refractivity contribution in [3.63, 3.8) is 0 Å². The number of piperidine rings is 1. The molecule has 2 rings (SSSR count). The van der Waals surface area contributed by atoms with Gasteiger partial charge in [0.15, 0.2) is 5.82 Å². The predicted octanol–water partition coefficient (Wildman–Crippen LogP) is 1.92. The van der Waals surface area contributed by atoms with Gasteiger partial charge in [0.05, 0.1) is 6.10 Å². The van der Waals surface area contributed by atoms with Crippen LogP contribution in [0.15, 0.2) is 4.52 Å². The van der Waals surface area contributed by atoms with Gasteiger partial charge in [-0.25, -0.2) is 0 Å². The minimum atomic E-state index is -0.0744. The van der Waals surface area contributed by atoms with Crippen molar-refractivity contribution in [1.29, 1.82) is 0 Å². The molecule has 0 saturated carbocycles. The second-order valence-corrected chi connectivity index (χ2v) is 6.03. The molecule has 1 aliphatic rings. The number of ether oxygens (including phenoxy) is 1. The Labute approximate surface area is 115 Å². The lowest BCUT2D eigenvalue weighted by Gasteiger charge is -2.34. The molecule has 1 saturated heterocycles. The Hall–Kier alpha value is -0.940. The first-order valence-electron chi connectivity index (χ1n) is 7.10. The number of nitrogens with zero attached hydrogens (tertiary/aromatic N) is 2. The van der Waals surface area contributed by atoms with Crippen LogP contribution in [-0.4, -0.2) is 36.4 Å². The number of nitrogens with one attached hydrogen (secondary N) is 1. The molecular weight excluding hydrogens is 242 g/mol. The van der Waals surface area contributed by atoms with Crippen LogP contribution in [0.5, 0.6) is 0 Å². The molecule has 0 aromatic carbocycles. The average molecular weight is 267 g/mol. The Morgan fingerprint density at radius 1 is 1.53 bits per heavy atom. The summed E-state index contributed by atoms with van der Waals surface area (Å²) in [6.45, 7) is 8.54. The Kier molecular flexibility index (Phi) is 4.58. The molecule has 1 aromatic rings. The van der Waals surface area contributed by atoms with Gasteiger partial charge >= 0.3 is 0 Å². The van der Waals surface area contributed by atoms with Gasteiger partial charge in [0.2, 0.25) is 5.89 Å². The van der Waals surface area contributed by atoms with Gasteiger partial charge < -0.3 is 14.6 Å². The van der Waals surface area contributed by atoms with Crippen molar-refractivity contribution >= 4 is 0 Å². The molecule has 0 aliphatic carbocycles. The van der Waals surface area contributed by atoms with Crippen molar-refractivity contribution in [2.75, 3.05) is 20.2 Å². The van der Waals surface area contributed by atoms with Crippen LogP contribution in [0.1, 0.15) is 45.3 Å². The van der Waals surface area contributed by atoms with Crippen molar-refractivity contribution < 1.29 is 9.26 Å². The van der Waals surface area contributed by atoms with Gasteiger partial charge in [0.25, 0.3) is 0 Å². The van der Waals surface area contributed by atoms with E-state index in [0.717, 1.165) is 24.8 Å². The molecule has 1 aromatic heterocycles. The van der Waals surface area contributed by atoms with E-state index >= 15 is 0 Å². The van der Waals surface area contributed by atoms with Crippen LogP contribution in [-0.2, 0) is 16.6 Å². The first-order valence-corrected chi connectivity index (χ1v) is 7.10. The van der Waals surface area contributed by atoms with Gasteiger partial charge in [0.1, 0.15) is 0 Å². The number of methoxy groups -OCH3 is 1. The first-order chi connectivity index (χ1) is 9.04. The molecule has 2 heterocycles. The molecule has 1 fully saturated rings. The van der Waals surface area contributed by atoms with Gasteiger partial charge in [-0.05, 0) is 38.8 Å². The lowest BCUT2D eigenvalue weighted by molar-refractivity contribution is 0.116. The normalized spacial score (nSPS) is 22.4. The van der Waals surface area contributed by atoms with E-state index in [-0.39, 0.29) is 11.5 Å². The maximum atomic E-state index is 5.48. The van der Waals surface area contributed by atoms with Crippen LogP contribution in [0.4, 0.5) is 0 Å². The quantitative estimate of drug-likeness (QED) is 0.883. The van der Waals surface area contributed by atoms with Crippen molar-refractivity contribution in [3.8, 4) is 0 Å². The molecule has 108 valence electrons. The maximum Gasteiger partial charge on any atom is 0.232 e. The molecule has 5 heteroatoms. The van der Waals surface area contributed by atoms with Crippen molar-refractivity contribution in [2.24, 2.45) is 5.92 Å². The van der Waals surface area contributed by atoms with E-state index in [2.05, 4.69) is 29.3 Å². The highest BCUT2D eigenvalue weighted by atomic mass is 16.5. The summed E-state index contributed by atoms with van der Waals surface area (Å²) in [5.41, 5.74) is -0.0744. The van der Waals surface area contributed by atoms with Crippen LogP contribution in [0, 0.1) is 5.92 Å². The number of hydrogen-bond acceptors (Lipinski definition) is 5. The van der Waals surface area contributed by atoms with E-state index in [0.29, 0.717) is 12.3 Å². The van der Waals surface area contributed by atoms with E-state index < -0.39 is 0 Å². The van der Waals surface area contributed by atoms with Gasteiger partial charge in [-0.1, -0.05) is 19.0 Å². The van der Waals surface area contributed by atoms with Crippen molar-refractivity contribution in [2.45, 2.75) is 51.6 Å². The fraction of sp³-hybridized carbons (Fsp3) is 0.857. The van der Waals surface area contributed by atoms with E-state index in [1.807, 2.05) is 6.92 Å². The Morgan fingerprint density at radius 2 is 2.32 bits per heavy atom. The zero-order chi connectivity index (χ0) is 13.9. The summed E-state index contributed by atoms with van der Waals surface area (Å²) < 4.78 is 10.7. The topological polar surface area (TPSA) is 60.2 Å². The molecular formula is C14H25N3O2. The fourth-order valence-corrected chi connectivity index (χ4v) is 2.58. The highest BCUT2D eigenvalue weighted by Crippen LogP contribution is 2.34.